The maximum atomic E-state index is 14.5. The van der Waals surface area contributed by atoms with Crippen molar-refractivity contribution >= 4 is 52.3 Å². The van der Waals surface area contributed by atoms with Crippen molar-refractivity contribution < 1.29 is 52.9 Å². The van der Waals surface area contributed by atoms with Crippen LogP contribution in [0.5, 0.6) is 0 Å². The lowest BCUT2D eigenvalue weighted by atomic mass is 9.85. The van der Waals surface area contributed by atoms with E-state index in [-0.39, 0.29) is 112 Å². The molecule has 10 N–H and O–H groups in total. The fraction of sp³-hybridized carbons (Fsp3) is 0.426. The first-order valence-corrected chi connectivity index (χ1v) is 30.8. The molecule has 464 valence electrons. The Balaban J connectivity index is 0.774. The number of fused-ring (bicyclic) bond motifs is 8. The Morgan fingerprint density at radius 2 is 1.40 bits per heavy atom. The first-order chi connectivity index (χ1) is 42.6. The molecule has 6 aromatic rings. The number of nitrogens with zero attached hydrogens (tertiary/aromatic N) is 2. The number of hydrogen-bond donors (Lipinski definition) is 7. The molecule has 1 unspecified atom stereocenters. The topological polar surface area (TPSA) is 316 Å². The van der Waals surface area contributed by atoms with Crippen LogP contribution in [0.25, 0.3) is 33.4 Å². The molecular weight excluding hydrogens is 1120 g/mol. The third-order valence-corrected chi connectivity index (χ3v) is 17.3. The number of pyridine rings is 2. The molecule has 4 heterocycles. The zero-order valence-electron chi connectivity index (χ0n) is 49.8. The van der Waals surface area contributed by atoms with Crippen molar-refractivity contribution in [3.05, 3.63) is 159 Å². The number of benzene rings is 4. The van der Waals surface area contributed by atoms with Gasteiger partial charge in [-0.2, -0.15) is 0 Å². The minimum Gasteiger partial charge on any atom is -0.457 e. The SMILES string of the molecule is CC[C@@]1(OC(=O)CCC(=O)NCCCC[C@H](CC(=O)[C@H](CCCCN)NC(=O)[C@@H](CC(=O)[C@H](CCCCN)NC(=O)OCC2c3ccccc3-c3ccccc32)Cc2ccccc2)C(N)O)C(=O)OCc2c1cc1n(c2=O)Cc2cc3ccccc3nc2-1. The van der Waals surface area contributed by atoms with Crippen LogP contribution in [0.4, 0.5) is 4.79 Å². The van der Waals surface area contributed by atoms with Gasteiger partial charge in [0.2, 0.25) is 17.4 Å². The summed E-state index contributed by atoms with van der Waals surface area (Å²) in [7, 11) is 0. The fourth-order valence-electron chi connectivity index (χ4n) is 12.4. The van der Waals surface area contributed by atoms with E-state index in [1.54, 1.807) is 17.6 Å². The molecule has 0 spiro atoms. The first kappa shape index (κ1) is 64.1. The highest BCUT2D eigenvalue weighted by molar-refractivity contribution is 5.94. The summed E-state index contributed by atoms with van der Waals surface area (Å²) >= 11 is 0. The lowest BCUT2D eigenvalue weighted by Crippen LogP contribution is -2.47. The molecular formula is C68H80N8O12. The number of rotatable bonds is 32. The third-order valence-electron chi connectivity index (χ3n) is 17.3. The summed E-state index contributed by atoms with van der Waals surface area (Å²) in [5.41, 5.74) is 23.6. The molecule has 0 fully saturated rings. The minimum absolute atomic E-state index is 0.0335. The standard InChI is InChI=1S/C68H80N8O12/c1-2-68(53-38-57-62-46(35-43-20-6-11-26-54(43)73-62)39-76(57)65(83)52(53)41-86-66(68)84)88-61(80)30-29-60(79)72-33-17-14-21-44(63(71)81)36-58(77)55(27-12-15-31-69)74-64(82)45(34-42-18-4-3-5-19-42)37-59(78)56(28-13-16-32-70)75-67(85)87-40-51-49-24-9-7-22-47(49)48-23-8-10-25-50(48)51/h3-11,18-20,22-26,35,38,44-45,51,55-56,63,81H,2,12-17,21,27-34,36-37,39-41,69-71H2,1H3,(H,72,79)(H,74,82)(H,75,85)/t44-,45-,55+,56+,63?,68+/m1/s1. The minimum atomic E-state index is -1.92. The summed E-state index contributed by atoms with van der Waals surface area (Å²) in [6.07, 6.45) is 0.812. The number of nitrogens with two attached hydrogens (primary N) is 3. The number of aliphatic hydroxyl groups is 1. The molecule has 0 radical (unpaired) electrons. The van der Waals surface area contributed by atoms with Gasteiger partial charge in [0.15, 0.2) is 11.6 Å². The van der Waals surface area contributed by atoms with Gasteiger partial charge < -0.3 is 57.0 Å². The second kappa shape index (κ2) is 30.0. The van der Waals surface area contributed by atoms with E-state index in [0.717, 1.165) is 44.3 Å². The van der Waals surface area contributed by atoms with Crippen LogP contribution >= 0.6 is 0 Å². The number of alkyl carbamates (subject to hydrolysis) is 1. The van der Waals surface area contributed by atoms with E-state index in [1.807, 2.05) is 109 Å². The second-order valence-corrected chi connectivity index (χ2v) is 23.2. The van der Waals surface area contributed by atoms with Gasteiger partial charge in [-0.3, -0.25) is 28.8 Å². The van der Waals surface area contributed by atoms with Crippen LogP contribution in [0, 0.1) is 11.8 Å². The predicted molar refractivity (Wildman–Crippen MR) is 331 cm³/mol. The molecule has 2 aromatic heterocycles. The Morgan fingerprint density at radius 3 is 2.08 bits per heavy atom. The van der Waals surface area contributed by atoms with E-state index >= 15 is 0 Å². The van der Waals surface area contributed by atoms with E-state index in [4.69, 9.17) is 36.4 Å². The van der Waals surface area contributed by atoms with Gasteiger partial charge in [-0.15, -0.1) is 0 Å². The smallest absolute Gasteiger partial charge is 0.407 e. The largest absolute Gasteiger partial charge is 0.457 e. The molecule has 0 bridgehead atoms. The molecule has 6 atom stereocenters. The number of esters is 2. The van der Waals surface area contributed by atoms with Crippen LogP contribution in [0.1, 0.15) is 136 Å². The Kier molecular flexibility index (Phi) is 21.8. The van der Waals surface area contributed by atoms with E-state index in [0.29, 0.717) is 69.4 Å². The van der Waals surface area contributed by atoms with E-state index in [9.17, 15) is 43.5 Å². The van der Waals surface area contributed by atoms with Gasteiger partial charge in [0.25, 0.3) is 5.56 Å². The Hall–Kier alpha value is -8.43. The van der Waals surface area contributed by atoms with E-state index in [2.05, 4.69) is 16.0 Å². The lowest BCUT2D eigenvalue weighted by Gasteiger charge is -2.35. The summed E-state index contributed by atoms with van der Waals surface area (Å²) in [5, 5.41) is 20.2. The van der Waals surface area contributed by atoms with Crippen LogP contribution in [-0.4, -0.2) is 101 Å². The van der Waals surface area contributed by atoms with Gasteiger partial charge in [-0.1, -0.05) is 110 Å². The van der Waals surface area contributed by atoms with Crippen molar-refractivity contribution in [1.29, 1.82) is 0 Å². The van der Waals surface area contributed by atoms with Crippen LogP contribution < -0.4 is 38.7 Å². The van der Waals surface area contributed by atoms with Crippen LogP contribution in [0.15, 0.2) is 120 Å². The van der Waals surface area contributed by atoms with Crippen LogP contribution in [0.3, 0.4) is 0 Å². The summed E-state index contributed by atoms with van der Waals surface area (Å²) < 4.78 is 18.8. The average Bonchev–Trinajstić information content (AvgIpc) is 1.71. The van der Waals surface area contributed by atoms with E-state index in [1.165, 1.54) is 0 Å². The number of unbranched alkanes of at least 4 members (excludes halogenated alkanes) is 3. The summed E-state index contributed by atoms with van der Waals surface area (Å²) in [6.45, 7) is 2.63. The molecule has 2 aliphatic heterocycles. The van der Waals surface area contributed by atoms with Crippen molar-refractivity contribution in [2.75, 3.05) is 26.2 Å². The van der Waals surface area contributed by atoms with Crippen molar-refractivity contribution in [3.8, 4) is 22.5 Å². The number of Topliss-reactive ketones (excluding diaryl/α,β-unsaturated/α-hetero) is 2. The zero-order valence-corrected chi connectivity index (χ0v) is 49.8. The Morgan fingerprint density at radius 1 is 0.761 bits per heavy atom. The first-order valence-electron chi connectivity index (χ1n) is 30.8. The zero-order chi connectivity index (χ0) is 62.3. The van der Waals surface area contributed by atoms with Crippen molar-refractivity contribution in [1.82, 2.24) is 25.5 Å². The maximum Gasteiger partial charge on any atom is 0.407 e. The number of cyclic esters (lactones) is 1. The molecule has 4 aromatic carbocycles. The molecule has 3 aliphatic rings. The molecule has 0 saturated heterocycles. The third kappa shape index (κ3) is 15.1. The second-order valence-electron chi connectivity index (χ2n) is 23.2. The van der Waals surface area contributed by atoms with Gasteiger partial charge in [0.1, 0.15) is 19.4 Å². The molecule has 88 heavy (non-hydrogen) atoms. The quantitative estimate of drug-likeness (QED) is 0.00964. The molecule has 0 saturated carbocycles. The summed E-state index contributed by atoms with van der Waals surface area (Å²) in [5.74, 6) is -5.21. The van der Waals surface area contributed by atoms with Crippen molar-refractivity contribution in [3.63, 3.8) is 0 Å². The molecule has 9 rings (SSSR count). The highest BCUT2D eigenvalue weighted by atomic mass is 16.6. The Labute approximate surface area is 511 Å². The van der Waals surface area contributed by atoms with Crippen molar-refractivity contribution in [2.45, 2.75) is 146 Å². The monoisotopic (exact) mass is 1200 g/mol. The highest BCUT2D eigenvalue weighted by Gasteiger charge is 2.50. The molecule has 3 amide bonds. The average molecular weight is 1200 g/mol. The number of aromatic nitrogens is 2. The van der Waals surface area contributed by atoms with Crippen LogP contribution in [-0.2, 0) is 68.2 Å². The van der Waals surface area contributed by atoms with Gasteiger partial charge in [-0.25, -0.2) is 14.6 Å². The Bertz CT molecular complexity index is 3530. The number of ketones is 2. The highest BCUT2D eigenvalue weighted by Crippen LogP contribution is 2.45. The van der Waals surface area contributed by atoms with Gasteiger partial charge in [-0.05, 0) is 123 Å². The van der Waals surface area contributed by atoms with Gasteiger partial charge >= 0.3 is 18.0 Å². The molecule has 20 heteroatoms. The number of ether oxygens (including phenoxy) is 3. The fourth-order valence-corrected chi connectivity index (χ4v) is 12.4. The summed E-state index contributed by atoms with van der Waals surface area (Å²) in [4.78, 5) is 116. The lowest BCUT2D eigenvalue weighted by molar-refractivity contribution is -0.189. The van der Waals surface area contributed by atoms with E-state index < -0.39 is 65.6 Å². The number of para-hydroxylation sites is 1. The normalized spacial score (nSPS) is 16.3. The van der Waals surface area contributed by atoms with Crippen molar-refractivity contribution in [2.24, 2.45) is 29.0 Å². The number of nitrogens with one attached hydrogen (secondary N) is 3. The van der Waals surface area contributed by atoms with Gasteiger partial charge in [0.05, 0.1) is 47.5 Å². The van der Waals surface area contributed by atoms with Gasteiger partial charge in [0, 0.05) is 60.1 Å². The number of carbonyl (C=O) groups is 7. The predicted octanol–water partition coefficient (Wildman–Crippen LogP) is 7.02. The van der Waals surface area contributed by atoms with Crippen LogP contribution in [0.2, 0.25) is 0 Å². The maximum absolute atomic E-state index is 14.5. The summed E-state index contributed by atoms with van der Waals surface area (Å²) in [6, 6.07) is 34.5. The number of carbonyl (C=O) groups excluding carboxylic acids is 7. The number of hydrogen-bond acceptors (Lipinski definition) is 16. The molecule has 1 aliphatic carbocycles. The molecule has 20 nitrogen and oxygen atoms in total. The number of amides is 3. The number of aliphatic hydroxyl groups excluding tert-OH is 1.